The molecule has 1 aromatic rings. The molecule has 17 heavy (non-hydrogen) atoms. The van der Waals surface area contributed by atoms with Gasteiger partial charge in [0.05, 0.1) is 0 Å². The quantitative estimate of drug-likeness (QED) is 0.568. The molecule has 1 fully saturated rings. The van der Waals surface area contributed by atoms with Crippen LogP contribution in [0.1, 0.15) is 29.6 Å². The molecular weight excluding hydrogens is 238 g/mol. The molecule has 3 nitrogen and oxygen atoms in total. The Morgan fingerprint density at radius 3 is 2.71 bits per heavy atom. The second kappa shape index (κ2) is 5.32. The monoisotopic (exact) mass is 251 g/mol. The Labute approximate surface area is 105 Å². The maximum atomic E-state index is 12.1. The average Bonchev–Trinajstić information content (AvgIpc) is 2.50. The second-order valence-electron chi connectivity index (χ2n) is 4.16. The number of amides is 2. The minimum atomic E-state index is -0.221. The van der Waals surface area contributed by atoms with Crippen molar-refractivity contribution in [3.05, 3.63) is 35.9 Å². The predicted octanol–water partition coefficient (Wildman–Crippen LogP) is 2.45. The summed E-state index contributed by atoms with van der Waals surface area (Å²) in [5, 5.41) is -0.143. The first-order valence-electron chi connectivity index (χ1n) is 5.72. The number of nitrogens with zero attached hydrogens (tertiary/aromatic N) is 1. The third-order valence-electron chi connectivity index (χ3n) is 2.86. The third kappa shape index (κ3) is 2.86. The van der Waals surface area contributed by atoms with Crippen molar-refractivity contribution in [1.82, 2.24) is 4.90 Å². The van der Waals surface area contributed by atoms with Gasteiger partial charge in [-0.1, -0.05) is 18.2 Å². The zero-order chi connectivity index (χ0) is 12.3. The van der Waals surface area contributed by atoms with Gasteiger partial charge in [0.25, 0.3) is 5.91 Å². The van der Waals surface area contributed by atoms with Gasteiger partial charge in [-0.2, -0.15) is 0 Å². The smallest absolute Gasteiger partial charge is 0.260 e. The van der Waals surface area contributed by atoms with E-state index in [1.54, 1.807) is 24.3 Å². The summed E-state index contributed by atoms with van der Waals surface area (Å²) in [6.45, 7) is 0.468. The minimum Gasteiger partial charge on any atom is -0.278 e. The Kier molecular flexibility index (Phi) is 3.79. The van der Waals surface area contributed by atoms with Gasteiger partial charge in [-0.3, -0.25) is 14.5 Å². The van der Waals surface area contributed by atoms with E-state index in [9.17, 15) is 9.59 Å². The lowest BCUT2D eigenvalue weighted by Crippen LogP contribution is -2.36. The number of imide groups is 1. The van der Waals surface area contributed by atoms with Gasteiger partial charge in [0.1, 0.15) is 0 Å². The lowest BCUT2D eigenvalue weighted by Gasteiger charge is -2.18. The molecule has 4 heteroatoms. The second-order valence-corrected chi connectivity index (χ2v) is 4.78. The molecule has 2 amide bonds. The molecule has 0 radical (unpaired) electrons. The molecule has 0 aromatic heterocycles. The summed E-state index contributed by atoms with van der Waals surface area (Å²) in [6, 6.07) is 8.87. The summed E-state index contributed by atoms with van der Waals surface area (Å²) in [7, 11) is 0. The fourth-order valence-electron chi connectivity index (χ4n) is 1.95. The summed E-state index contributed by atoms with van der Waals surface area (Å²) in [6.07, 6.45) is 1.81. The van der Waals surface area contributed by atoms with Gasteiger partial charge in [0, 0.05) is 23.9 Å². The van der Waals surface area contributed by atoms with Crippen molar-refractivity contribution in [2.45, 2.75) is 24.6 Å². The Morgan fingerprint density at radius 2 is 2.00 bits per heavy atom. The van der Waals surface area contributed by atoms with Gasteiger partial charge in [-0.15, -0.1) is 11.6 Å². The highest BCUT2D eigenvalue weighted by Gasteiger charge is 2.27. The fourth-order valence-corrected chi connectivity index (χ4v) is 2.23. The Hall–Kier alpha value is -1.35. The van der Waals surface area contributed by atoms with E-state index in [0.29, 0.717) is 12.1 Å². The van der Waals surface area contributed by atoms with Gasteiger partial charge in [0.15, 0.2) is 0 Å². The van der Waals surface area contributed by atoms with Crippen LogP contribution < -0.4 is 0 Å². The number of hydrogen-bond acceptors (Lipinski definition) is 2. The molecule has 1 aliphatic heterocycles. The van der Waals surface area contributed by atoms with Gasteiger partial charge < -0.3 is 0 Å². The zero-order valence-electron chi connectivity index (χ0n) is 9.43. The van der Waals surface area contributed by atoms with E-state index in [1.807, 2.05) is 6.07 Å². The first-order chi connectivity index (χ1) is 8.18. The average molecular weight is 252 g/mol. The summed E-state index contributed by atoms with van der Waals surface area (Å²) < 4.78 is 0. The summed E-state index contributed by atoms with van der Waals surface area (Å²) >= 11 is 5.97. The van der Waals surface area contributed by atoms with E-state index in [4.69, 9.17) is 11.6 Å². The van der Waals surface area contributed by atoms with E-state index >= 15 is 0 Å². The number of carbonyl (C=O) groups excluding carboxylic acids is 2. The molecule has 90 valence electrons. The molecule has 1 saturated heterocycles. The Morgan fingerprint density at radius 1 is 1.29 bits per heavy atom. The third-order valence-corrected chi connectivity index (χ3v) is 3.23. The first-order valence-corrected chi connectivity index (χ1v) is 6.16. The molecule has 0 saturated carbocycles. The molecule has 1 heterocycles. The standard InChI is InChI=1S/C13H14ClNO2/c14-11-7-4-8-15(12(16)9-11)13(17)10-5-2-1-3-6-10/h1-3,5-6,11H,4,7-9H2. The van der Waals surface area contributed by atoms with E-state index in [2.05, 4.69) is 0 Å². The van der Waals surface area contributed by atoms with Crippen LogP contribution in [0, 0.1) is 0 Å². The van der Waals surface area contributed by atoms with Crippen LogP contribution in [-0.4, -0.2) is 28.6 Å². The molecule has 2 rings (SSSR count). The first kappa shape index (κ1) is 12.1. The number of benzene rings is 1. The normalized spacial score (nSPS) is 21.1. The van der Waals surface area contributed by atoms with Crippen LogP contribution in [-0.2, 0) is 4.79 Å². The summed E-state index contributed by atoms with van der Waals surface area (Å²) in [4.78, 5) is 25.3. The van der Waals surface area contributed by atoms with Crippen molar-refractivity contribution in [3.8, 4) is 0 Å². The molecule has 0 aliphatic carbocycles. The molecule has 1 atom stereocenters. The lowest BCUT2D eigenvalue weighted by molar-refractivity contribution is -0.128. The number of carbonyl (C=O) groups is 2. The van der Waals surface area contributed by atoms with Gasteiger partial charge in [-0.05, 0) is 25.0 Å². The van der Waals surface area contributed by atoms with Gasteiger partial charge >= 0.3 is 0 Å². The number of likely N-dealkylation sites (tertiary alicyclic amines) is 1. The predicted molar refractivity (Wildman–Crippen MR) is 66.0 cm³/mol. The van der Waals surface area contributed by atoms with Crippen molar-refractivity contribution in [2.75, 3.05) is 6.54 Å². The van der Waals surface area contributed by atoms with Crippen LogP contribution in [0.4, 0.5) is 0 Å². The van der Waals surface area contributed by atoms with Crippen molar-refractivity contribution in [1.29, 1.82) is 0 Å². The molecule has 1 unspecified atom stereocenters. The van der Waals surface area contributed by atoms with E-state index < -0.39 is 0 Å². The number of rotatable bonds is 1. The topological polar surface area (TPSA) is 37.4 Å². The molecule has 0 spiro atoms. The van der Waals surface area contributed by atoms with Crippen molar-refractivity contribution in [2.24, 2.45) is 0 Å². The SMILES string of the molecule is O=C1CC(Cl)CCCN1C(=O)c1ccccc1. The van der Waals surface area contributed by atoms with Crippen LogP contribution >= 0.6 is 11.6 Å². The minimum absolute atomic E-state index is 0.143. The largest absolute Gasteiger partial charge is 0.278 e. The van der Waals surface area contributed by atoms with Crippen LogP contribution in [0.15, 0.2) is 30.3 Å². The molecule has 1 aromatic carbocycles. The highest BCUT2D eigenvalue weighted by atomic mass is 35.5. The molecule has 0 N–H and O–H groups in total. The number of halogens is 1. The van der Waals surface area contributed by atoms with E-state index in [0.717, 1.165) is 12.8 Å². The van der Waals surface area contributed by atoms with E-state index in [-0.39, 0.29) is 23.6 Å². The maximum Gasteiger partial charge on any atom is 0.260 e. The summed E-state index contributed by atoms with van der Waals surface area (Å²) in [5.74, 6) is -0.391. The van der Waals surface area contributed by atoms with Crippen LogP contribution in [0.5, 0.6) is 0 Å². The molecule has 0 bridgehead atoms. The Balaban J connectivity index is 2.16. The number of hydrogen-bond donors (Lipinski definition) is 0. The highest BCUT2D eigenvalue weighted by molar-refractivity contribution is 6.22. The molecule has 1 aliphatic rings. The zero-order valence-corrected chi connectivity index (χ0v) is 10.2. The lowest BCUT2D eigenvalue weighted by atomic mass is 10.2. The van der Waals surface area contributed by atoms with Crippen molar-refractivity contribution < 1.29 is 9.59 Å². The van der Waals surface area contributed by atoms with Crippen LogP contribution in [0.25, 0.3) is 0 Å². The van der Waals surface area contributed by atoms with Crippen LogP contribution in [0.2, 0.25) is 0 Å². The van der Waals surface area contributed by atoms with Crippen LogP contribution in [0.3, 0.4) is 0 Å². The fraction of sp³-hybridized carbons (Fsp3) is 0.385. The number of alkyl halides is 1. The van der Waals surface area contributed by atoms with E-state index in [1.165, 1.54) is 4.90 Å². The Bertz CT molecular complexity index is 419. The van der Waals surface area contributed by atoms with Crippen molar-refractivity contribution >= 4 is 23.4 Å². The molecular formula is C13H14ClNO2. The van der Waals surface area contributed by atoms with Crippen molar-refractivity contribution in [3.63, 3.8) is 0 Å². The van der Waals surface area contributed by atoms with Gasteiger partial charge in [0.2, 0.25) is 5.91 Å². The highest BCUT2D eigenvalue weighted by Crippen LogP contribution is 2.18. The van der Waals surface area contributed by atoms with Gasteiger partial charge in [-0.25, -0.2) is 0 Å². The maximum absolute atomic E-state index is 12.1. The summed E-state index contributed by atoms with van der Waals surface area (Å²) in [5.41, 5.74) is 0.550.